The summed E-state index contributed by atoms with van der Waals surface area (Å²) in [6.45, 7) is 10.4. The second-order valence-corrected chi connectivity index (χ2v) is 6.05. The molecular weight excluding hydrogens is 236 g/mol. The first kappa shape index (κ1) is 15.7. The van der Waals surface area contributed by atoms with Crippen LogP contribution in [0.25, 0.3) is 0 Å². The third-order valence-electron chi connectivity index (χ3n) is 3.12. The maximum absolute atomic E-state index is 11.6. The third-order valence-corrected chi connectivity index (χ3v) is 3.12. The van der Waals surface area contributed by atoms with Crippen molar-refractivity contribution in [3.05, 3.63) is 35.9 Å². The summed E-state index contributed by atoms with van der Waals surface area (Å²) in [5, 5.41) is 6.14. The number of hydrogen-bond acceptors (Lipinski definition) is 2. The first-order valence-electron chi connectivity index (χ1n) is 6.95. The maximum Gasteiger partial charge on any atom is 0.233 e. The Hall–Kier alpha value is -1.35. The van der Waals surface area contributed by atoms with E-state index in [-0.39, 0.29) is 11.3 Å². The Kier molecular flexibility index (Phi) is 6.03. The van der Waals surface area contributed by atoms with Crippen molar-refractivity contribution in [2.75, 3.05) is 19.6 Å². The van der Waals surface area contributed by atoms with Gasteiger partial charge in [0.15, 0.2) is 0 Å². The van der Waals surface area contributed by atoms with Gasteiger partial charge >= 0.3 is 0 Å². The van der Waals surface area contributed by atoms with Crippen LogP contribution in [0.2, 0.25) is 0 Å². The van der Waals surface area contributed by atoms with Crippen LogP contribution < -0.4 is 10.6 Å². The highest BCUT2D eigenvalue weighted by molar-refractivity contribution is 5.77. The lowest BCUT2D eigenvalue weighted by molar-refractivity contribution is -0.120. The van der Waals surface area contributed by atoms with Crippen LogP contribution >= 0.6 is 0 Å². The van der Waals surface area contributed by atoms with Gasteiger partial charge in [-0.25, -0.2) is 0 Å². The van der Waals surface area contributed by atoms with Gasteiger partial charge in [-0.3, -0.25) is 4.79 Å². The molecule has 0 bridgehead atoms. The Morgan fingerprint density at radius 3 is 2.42 bits per heavy atom. The van der Waals surface area contributed by atoms with Crippen LogP contribution in [-0.2, 0) is 10.2 Å². The zero-order valence-corrected chi connectivity index (χ0v) is 12.5. The molecule has 1 amide bonds. The second-order valence-electron chi connectivity index (χ2n) is 6.05. The van der Waals surface area contributed by atoms with Crippen LogP contribution in [0, 0.1) is 5.92 Å². The van der Waals surface area contributed by atoms with E-state index in [1.807, 2.05) is 18.2 Å². The van der Waals surface area contributed by atoms with Gasteiger partial charge in [0.1, 0.15) is 0 Å². The van der Waals surface area contributed by atoms with E-state index < -0.39 is 0 Å². The summed E-state index contributed by atoms with van der Waals surface area (Å²) in [6.07, 6.45) is 0. The molecule has 0 aliphatic carbocycles. The molecule has 0 saturated carbocycles. The topological polar surface area (TPSA) is 41.1 Å². The van der Waals surface area contributed by atoms with Crippen LogP contribution in [-0.4, -0.2) is 25.5 Å². The predicted molar refractivity (Wildman–Crippen MR) is 80.2 cm³/mol. The van der Waals surface area contributed by atoms with Crippen molar-refractivity contribution >= 4 is 5.91 Å². The molecule has 0 radical (unpaired) electrons. The SMILES string of the molecule is CC(C)CNC(=O)CNCC(C)(C)c1ccccc1. The van der Waals surface area contributed by atoms with E-state index in [1.54, 1.807) is 0 Å². The van der Waals surface area contributed by atoms with Crippen molar-refractivity contribution in [1.82, 2.24) is 10.6 Å². The highest BCUT2D eigenvalue weighted by atomic mass is 16.1. The molecule has 19 heavy (non-hydrogen) atoms. The minimum absolute atomic E-state index is 0.0274. The lowest BCUT2D eigenvalue weighted by atomic mass is 9.85. The Labute approximate surface area is 116 Å². The van der Waals surface area contributed by atoms with Crippen molar-refractivity contribution in [2.24, 2.45) is 5.92 Å². The fourth-order valence-corrected chi connectivity index (χ4v) is 1.86. The molecular formula is C16H26N2O. The fraction of sp³-hybridized carbons (Fsp3) is 0.562. The zero-order valence-electron chi connectivity index (χ0n) is 12.5. The van der Waals surface area contributed by atoms with Crippen LogP contribution in [0.1, 0.15) is 33.3 Å². The van der Waals surface area contributed by atoms with Crippen molar-refractivity contribution in [3.63, 3.8) is 0 Å². The molecule has 2 N–H and O–H groups in total. The van der Waals surface area contributed by atoms with Crippen LogP contribution in [0.5, 0.6) is 0 Å². The smallest absolute Gasteiger partial charge is 0.233 e. The predicted octanol–water partition coefficient (Wildman–Crippen LogP) is 2.33. The molecule has 0 atom stereocenters. The normalized spacial score (nSPS) is 11.6. The summed E-state index contributed by atoms with van der Waals surface area (Å²) in [7, 11) is 0. The molecule has 0 saturated heterocycles. The van der Waals surface area contributed by atoms with Gasteiger partial charge in [0.25, 0.3) is 0 Å². The molecule has 3 nitrogen and oxygen atoms in total. The molecule has 0 heterocycles. The van der Waals surface area contributed by atoms with Crippen molar-refractivity contribution in [3.8, 4) is 0 Å². The molecule has 0 spiro atoms. The molecule has 0 aromatic heterocycles. The summed E-state index contributed by atoms with van der Waals surface area (Å²) < 4.78 is 0. The Bertz CT molecular complexity index is 385. The van der Waals surface area contributed by atoms with E-state index in [9.17, 15) is 4.79 Å². The van der Waals surface area contributed by atoms with Gasteiger partial charge < -0.3 is 10.6 Å². The third kappa shape index (κ3) is 5.88. The van der Waals surface area contributed by atoms with E-state index >= 15 is 0 Å². The van der Waals surface area contributed by atoms with E-state index in [0.29, 0.717) is 12.5 Å². The standard InChI is InChI=1S/C16H26N2O/c1-13(2)10-18-15(19)11-17-12-16(3,4)14-8-6-5-7-9-14/h5-9,13,17H,10-12H2,1-4H3,(H,18,19). The molecule has 0 aliphatic rings. The summed E-state index contributed by atoms with van der Waals surface area (Å²) in [5.41, 5.74) is 1.31. The van der Waals surface area contributed by atoms with Gasteiger partial charge in [-0.05, 0) is 11.5 Å². The Morgan fingerprint density at radius 2 is 1.84 bits per heavy atom. The molecule has 0 aliphatic heterocycles. The first-order valence-corrected chi connectivity index (χ1v) is 6.95. The summed E-state index contributed by atoms with van der Waals surface area (Å²) >= 11 is 0. The number of nitrogens with one attached hydrogen (secondary N) is 2. The average molecular weight is 262 g/mol. The van der Waals surface area contributed by atoms with Gasteiger partial charge in [-0.1, -0.05) is 58.0 Å². The quantitative estimate of drug-likeness (QED) is 0.792. The van der Waals surface area contributed by atoms with Crippen LogP contribution in [0.15, 0.2) is 30.3 Å². The van der Waals surface area contributed by atoms with E-state index in [2.05, 4.69) is 50.5 Å². The minimum atomic E-state index is 0.0274. The molecule has 106 valence electrons. The molecule has 1 aromatic carbocycles. The average Bonchev–Trinajstić information content (AvgIpc) is 2.37. The summed E-state index contributed by atoms with van der Waals surface area (Å²) in [4.78, 5) is 11.6. The second kappa shape index (κ2) is 7.29. The Balaban J connectivity index is 2.34. The van der Waals surface area contributed by atoms with E-state index in [1.165, 1.54) is 5.56 Å². The van der Waals surface area contributed by atoms with E-state index in [0.717, 1.165) is 13.1 Å². The maximum atomic E-state index is 11.6. The van der Waals surface area contributed by atoms with Gasteiger partial charge in [0.05, 0.1) is 6.54 Å². The van der Waals surface area contributed by atoms with E-state index in [4.69, 9.17) is 0 Å². The Morgan fingerprint density at radius 1 is 1.21 bits per heavy atom. The number of carbonyl (C=O) groups excluding carboxylic acids is 1. The van der Waals surface area contributed by atoms with Crippen molar-refractivity contribution in [1.29, 1.82) is 0 Å². The van der Waals surface area contributed by atoms with Gasteiger partial charge in [-0.15, -0.1) is 0 Å². The molecule has 1 aromatic rings. The van der Waals surface area contributed by atoms with Gasteiger partial charge in [0.2, 0.25) is 5.91 Å². The largest absolute Gasteiger partial charge is 0.355 e. The minimum Gasteiger partial charge on any atom is -0.355 e. The number of amides is 1. The molecule has 3 heteroatoms. The number of benzene rings is 1. The van der Waals surface area contributed by atoms with Crippen molar-refractivity contribution in [2.45, 2.75) is 33.1 Å². The highest BCUT2D eigenvalue weighted by Crippen LogP contribution is 2.21. The van der Waals surface area contributed by atoms with Gasteiger partial charge in [0, 0.05) is 18.5 Å². The fourth-order valence-electron chi connectivity index (χ4n) is 1.86. The van der Waals surface area contributed by atoms with Crippen molar-refractivity contribution < 1.29 is 4.79 Å². The van der Waals surface area contributed by atoms with Crippen LogP contribution in [0.3, 0.4) is 0 Å². The summed E-state index contributed by atoms with van der Waals surface area (Å²) in [5.74, 6) is 0.558. The molecule has 1 rings (SSSR count). The van der Waals surface area contributed by atoms with Crippen LogP contribution in [0.4, 0.5) is 0 Å². The molecule has 0 unspecified atom stereocenters. The monoisotopic (exact) mass is 262 g/mol. The lowest BCUT2D eigenvalue weighted by Crippen LogP contribution is -2.40. The first-order chi connectivity index (χ1) is 8.92. The number of rotatable bonds is 7. The number of carbonyl (C=O) groups is 1. The highest BCUT2D eigenvalue weighted by Gasteiger charge is 2.19. The van der Waals surface area contributed by atoms with Gasteiger partial charge in [-0.2, -0.15) is 0 Å². The molecule has 0 fully saturated rings. The summed E-state index contributed by atoms with van der Waals surface area (Å²) in [6, 6.07) is 10.4. The lowest BCUT2D eigenvalue weighted by Gasteiger charge is -2.25. The zero-order chi connectivity index (χ0) is 14.3. The number of hydrogen-bond donors (Lipinski definition) is 2.